The van der Waals surface area contributed by atoms with Crippen molar-refractivity contribution in [2.24, 2.45) is 0 Å². The first-order chi connectivity index (χ1) is 14.5. The number of amides is 2. The summed E-state index contributed by atoms with van der Waals surface area (Å²) < 4.78 is 1.81. The van der Waals surface area contributed by atoms with Gasteiger partial charge in [-0.15, -0.1) is 23.1 Å². The molecule has 4 heterocycles. The Balaban J connectivity index is 1.47. The molecule has 0 N–H and O–H groups in total. The van der Waals surface area contributed by atoms with E-state index >= 15 is 0 Å². The van der Waals surface area contributed by atoms with Crippen molar-refractivity contribution < 1.29 is 9.59 Å². The standard InChI is InChI=1S/C21H21ClN4O2S2/c1-13-14-10-18(30-21(14)26(23-13)16-7-3-2-6-15(16)22)20(28)25-12-29-11-17(25)19(27)24-8-4-5-9-24/h2-3,6-7,10,17H,4-5,8-9,11-12H2,1H3. The number of likely N-dealkylation sites (tertiary alicyclic amines) is 1. The first-order valence-electron chi connectivity index (χ1n) is 9.96. The number of hydrogen-bond donors (Lipinski definition) is 0. The third kappa shape index (κ3) is 3.31. The van der Waals surface area contributed by atoms with Crippen molar-refractivity contribution in [3.05, 3.63) is 45.9 Å². The Bertz CT molecular complexity index is 1140. The lowest BCUT2D eigenvalue weighted by Gasteiger charge is -2.26. The largest absolute Gasteiger partial charge is 0.341 e. The van der Waals surface area contributed by atoms with Crippen molar-refractivity contribution in [2.75, 3.05) is 24.7 Å². The van der Waals surface area contributed by atoms with Gasteiger partial charge in [0.25, 0.3) is 5.91 Å². The zero-order valence-corrected chi connectivity index (χ0v) is 18.9. The quantitative estimate of drug-likeness (QED) is 0.588. The maximum Gasteiger partial charge on any atom is 0.265 e. The van der Waals surface area contributed by atoms with E-state index in [1.54, 1.807) is 21.3 Å². The monoisotopic (exact) mass is 460 g/mol. The van der Waals surface area contributed by atoms with Crippen LogP contribution in [-0.4, -0.2) is 62.2 Å². The molecule has 156 valence electrons. The number of nitrogens with zero attached hydrogens (tertiary/aromatic N) is 4. The lowest BCUT2D eigenvalue weighted by atomic mass is 10.2. The van der Waals surface area contributed by atoms with Gasteiger partial charge in [-0.25, -0.2) is 4.68 Å². The molecule has 2 amide bonds. The van der Waals surface area contributed by atoms with Crippen LogP contribution < -0.4 is 0 Å². The fourth-order valence-corrected chi connectivity index (χ4v) is 6.57. The van der Waals surface area contributed by atoms with Gasteiger partial charge < -0.3 is 9.80 Å². The third-order valence-corrected chi connectivity index (χ3v) is 8.11. The topological polar surface area (TPSA) is 58.4 Å². The Morgan fingerprint density at radius 1 is 1.20 bits per heavy atom. The summed E-state index contributed by atoms with van der Waals surface area (Å²) in [6.45, 7) is 3.54. The van der Waals surface area contributed by atoms with E-state index in [2.05, 4.69) is 5.10 Å². The Labute approximate surface area is 187 Å². The second-order valence-corrected chi connectivity index (χ2v) is 10.0. The van der Waals surface area contributed by atoms with E-state index in [9.17, 15) is 9.59 Å². The minimum absolute atomic E-state index is 0.0798. The number of para-hydroxylation sites is 1. The highest BCUT2D eigenvalue weighted by atomic mass is 35.5. The molecule has 2 aromatic heterocycles. The van der Waals surface area contributed by atoms with Crippen LogP contribution in [0.25, 0.3) is 15.9 Å². The average Bonchev–Trinajstić information content (AvgIpc) is 3.53. The van der Waals surface area contributed by atoms with Gasteiger partial charge in [0, 0.05) is 24.2 Å². The molecule has 1 aromatic carbocycles. The van der Waals surface area contributed by atoms with Gasteiger partial charge >= 0.3 is 0 Å². The third-order valence-electron chi connectivity index (χ3n) is 5.68. The molecule has 0 spiro atoms. The molecule has 9 heteroatoms. The van der Waals surface area contributed by atoms with Gasteiger partial charge in [-0.3, -0.25) is 9.59 Å². The molecular weight excluding hydrogens is 440 g/mol. The molecule has 0 saturated carbocycles. The van der Waals surface area contributed by atoms with Crippen molar-refractivity contribution in [1.82, 2.24) is 19.6 Å². The molecule has 1 atom stereocenters. The van der Waals surface area contributed by atoms with Crippen molar-refractivity contribution in [1.29, 1.82) is 0 Å². The SMILES string of the molecule is Cc1nn(-c2ccccc2Cl)c2sc(C(=O)N3CSCC3C(=O)N3CCCC3)cc12. The van der Waals surface area contributed by atoms with E-state index < -0.39 is 0 Å². The molecule has 0 radical (unpaired) electrons. The lowest BCUT2D eigenvalue weighted by molar-refractivity contribution is -0.133. The number of aromatic nitrogens is 2. The summed E-state index contributed by atoms with van der Waals surface area (Å²) in [5, 5.41) is 6.18. The summed E-state index contributed by atoms with van der Waals surface area (Å²) in [4.78, 5) is 31.5. The molecule has 3 aromatic rings. The second-order valence-electron chi connectivity index (χ2n) is 7.60. The fourth-order valence-electron chi connectivity index (χ4n) is 4.08. The van der Waals surface area contributed by atoms with E-state index in [0.29, 0.717) is 21.5 Å². The summed E-state index contributed by atoms with van der Waals surface area (Å²) >= 11 is 9.43. The van der Waals surface area contributed by atoms with Crippen LogP contribution in [0.4, 0.5) is 0 Å². The zero-order chi connectivity index (χ0) is 20.8. The van der Waals surface area contributed by atoms with Crippen LogP contribution in [0.5, 0.6) is 0 Å². The van der Waals surface area contributed by atoms with Crippen LogP contribution in [0.15, 0.2) is 30.3 Å². The molecule has 6 nitrogen and oxygen atoms in total. The number of halogens is 1. The van der Waals surface area contributed by atoms with Crippen LogP contribution >= 0.6 is 34.7 Å². The number of carbonyl (C=O) groups is 2. The average molecular weight is 461 g/mol. The van der Waals surface area contributed by atoms with Crippen molar-refractivity contribution in [2.45, 2.75) is 25.8 Å². The van der Waals surface area contributed by atoms with Crippen LogP contribution in [0, 0.1) is 6.92 Å². The molecular formula is C21H21ClN4O2S2. The molecule has 30 heavy (non-hydrogen) atoms. The van der Waals surface area contributed by atoms with Crippen LogP contribution in [0.3, 0.4) is 0 Å². The first kappa shape index (κ1) is 19.9. The lowest BCUT2D eigenvalue weighted by Crippen LogP contribution is -2.48. The molecule has 5 rings (SSSR count). The van der Waals surface area contributed by atoms with Gasteiger partial charge in [0.2, 0.25) is 5.91 Å². The van der Waals surface area contributed by atoms with Gasteiger partial charge in [-0.1, -0.05) is 23.7 Å². The molecule has 0 bridgehead atoms. The highest BCUT2D eigenvalue weighted by Crippen LogP contribution is 2.34. The summed E-state index contributed by atoms with van der Waals surface area (Å²) in [5.41, 5.74) is 1.64. The normalized spacial score (nSPS) is 19.2. The summed E-state index contributed by atoms with van der Waals surface area (Å²) in [7, 11) is 0. The van der Waals surface area contributed by atoms with Crippen molar-refractivity contribution >= 4 is 56.7 Å². The molecule has 0 aliphatic carbocycles. The maximum atomic E-state index is 13.4. The summed E-state index contributed by atoms with van der Waals surface area (Å²) in [5.74, 6) is 1.22. The molecule has 1 unspecified atom stereocenters. The van der Waals surface area contributed by atoms with Crippen LogP contribution in [0.2, 0.25) is 5.02 Å². The second kappa shape index (κ2) is 7.90. The van der Waals surface area contributed by atoms with E-state index in [1.165, 1.54) is 11.3 Å². The fraction of sp³-hybridized carbons (Fsp3) is 0.381. The predicted molar refractivity (Wildman–Crippen MR) is 122 cm³/mol. The number of carbonyl (C=O) groups excluding carboxylic acids is 2. The zero-order valence-electron chi connectivity index (χ0n) is 16.5. The number of rotatable bonds is 3. The van der Waals surface area contributed by atoms with Crippen LogP contribution in [0.1, 0.15) is 28.2 Å². The molecule has 2 saturated heterocycles. The maximum absolute atomic E-state index is 13.4. The number of fused-ring (bicyclic) bond motifs is 1. The summed E-state index contributed by atoms with van der Waals surface area (Å²) in [6.07, 6.45) is 2.10. The van der Waals surface area contributed by atoms with Crippen molar-refractivity contribution in [3.8, 4) is 5.69 Å². The minimum Gasteiger partial charge on any atom is -0.341 e. The van der Waals surface area contributed by atoms with Gasteiger partial charge in [-0.05, 0) is 38.0 Å². The first-order valence-corrected chi connectivity index (χ1v) is 12.3. The molecule has 2 fully saturated rings. The predicted octanol–water partition coefficient (Wildman–Crippen LogP) is 4.19. The van der Waals surface area contributed by atoms with Gasteiger partial charge in [0.1, 0.15) is 10.9 Å². The Kier molecular flexibility index (Phi) is 5.24. The number of aryl methyl sites for hydroxylation is 1. The molecule has 2 aliphatic heterocycles. The van der Waals surface area contributed by atoms with E-state index in [-0.39, 0.29) is 17.9 Å². The Morgan fingerprint density at radius 2 is 1.97 bits per heavy atom. The van der Waals surface area contributed by atoms with E-state index in [4.69, 9.17) is 11.6 Å². The number of hydrogen-bond acceptors (Lipinski definition) is 5. The molecule has 2 aliphatic rings. The summed E-state index contributed by atoms with van der Waals surface area (Å²) in [6, 6.07) is 9.07. The number of thioether (sulfide) groups is 1. The Morgan fingerprint density at radius 3 is 2.73 bits per heavy atom. The minimum atomic E-state index is -0.369. The van der Waals surface area contributed by atoms with Crippen LogP contribution in [-0.2, 0) is 4.79 Å². The van der Waals surface area contributed by atoms with Gasteiger partial charge in [0.05, 0.1) is 27.2 Å². The van der Waals surface area contributed by atoms with Gasteiger partial charge in [0.15, 0.2) is 0 Å². The van der Waals surface area contributed by atoms with Gasteiger partial charge in [-0.2, -0.15) is 5.10 Å². The van der Waals surface area contributed by atoms with E-state index in [0.717, 1.165) is 47.5 Å². The Hall–Kier alpha value is -2.03. The highest BCUT2D eigenvalue weighted by Gasteiger charge is 2.38. The van der Waals surface area contributed by atoms with Crippen molar-refractivity contribution in [3.63, 3.8) is 0 Å². The number of benzene rings is 1. The van der Waals surface area contributed by atoms with E-state index in [1.807, 2.05) is 42.2 Å². The number of thiophene rings is 1. The smallest absolute Gasteiger partial charge is 0.265 e. The highest BCUT2D eigenvalue weighted by molar-refractivity contribution is 7.99.